The molecule has 0 spiro atoms. The van der Waals surface area contributed by atoms with Crippen LogP contribution in [-0.2, 0) is 6.54 Å². The third-order valence-electron chi connectivity index (χ3n) is 3.58. The monoisotopic (exact) mass is 336 g/mol. The summed E-state index contributed by atoms with van der Waals surface area (Å²) in [4.78, 5) is 13.0. The fourth-order valence-corrected chi connectivity index (χ4v) is 2.64. The van der Waals surface area contributed by atoms with Crippen LogP contribution in [-0.4, -0.2) is 24.7 Å². The molecule has 0 unspecified atom stereocenters. The number of anilines is 1. The zero-order valence-corrected chi connectivity index (χ0v) is 13.4. The number of rotatable bonds is 4. The van der Waals surface area contributed by atoms with Crippen molar-refractivity contribution < 1.29 is 0 Å². The Morgan fingerprint density at radius 1 is 1.04 bits per heavy atom. The number of nitrogens with zero attached hydrogens (tertiary/aromatic N) is 5. The minimum atomic E-state index is 0.579. The smallest absolute Gasteiger partial charge is 0.168 e. The van der Waals surface area contributed by atoms with Gasteiger partial charge >= 0.3 is 0 Å². The number of pyridine rings is 1. The van der Waals surface area contributed by atoms with Crippen molar-refractivity contribution in [3.8, 4) is 5.69 Å². The Labute approximate surface area is 143 Å². The molecule has 3 aromatic heterocycles. The first-order valence-corrected chi connectivity index (χ1v) is 7.77. The molecule has 6 nitrogen and oxygen atoms in total. The number of benzene rings is 1. The molecule has 4 rings (SSSR count). The number of fused-ring (bicyclic) bond motifs is 1. The topological polar surface area (TPSA) is 68.5 Å². The number of halogens is 1. The van der Waals surface area contributed by atoms with Crippen molar-refractivity contribution in [2.24, 2.45) is 0 Å². The van der Waals surface area contributed by atoms with Crippen LogP contribution < -0.4 is 5.32 Å². The highest BCUT2D eigenvalue weighted by Crippen LogP contribution is 2.23. The van der Waals surface area contributed by atoms with Crippen LogP contribution in [0.5, 0.6) is 0 Å². The molecule has 0 atom stereocenters. The van der Waals surface area contributed by atoms with Crippen LogP contribution in [0, 0.1) is 0 Å². The fourth-order valence-electron chi connectivity index (χ4n) is 2.46. The van der Waals surface area contributed by atoms with Crippen LogP contribution in [0.2, 0.25) is 5.02 Å². The second-order valence-electron chi connectivity index (χ2n) is 5.17. The van der Waals surface area contributed by atoms with Crippen molar-refractivity contribution in [2.45, 2.75) is 6.54 Å². The third kappa shape index (κ3) is 2.79. The first kappa shape index (κ1) is 14.6. The maximum Gasteiger partial charge on any atom is 0.168 e. The molecular weight excluding hydrogens is 324 g/mol. The Balaban J connectivity index is 1.69. The van der Waals surface area contributed by atoms with Crippen molar-refractivity contribution in [3.63, 3.8) is 0 Å². The van der Waals surface area contributed by atoms with Gasteiger partial charge in [0.15, 0.2) is 5.65 Å². The van der Waals surface area contributed by atoms with Gasteiger partial charge in [-0.1, -0.05) is 23.7 Å². The van der Waals surface area contributed by atoms with Gasteiger partial charge in [-0.05, 0) is 30.3 Å². The normalized spacial score (nSPS) is 10.9. The summed E-state index contributed by atoms with van der Waals surface area (Å²) in [6.07, 6.45) is 5.03. The summed E-state index contributed by atoms with van der Waals surface area (Å²) in [5.41, 5.74) is 2.51. The van der Waals surface area contributed by atoms with E-state index >= 15 is 0 Å². The largest absolute Gasteiger partial charge is 0.364 e. The summed E-state index contributed by atoms with van der Waals surface area (Å²) in [6.45, 7) is 0.579. The average Bonchev–Trinajstić information content (AvgIpc) is 3.05. The lowest BCUT2D eigenvalue weighted by Crippen LogP contribution is -2.04. The van der Waals surface area contributed by atoms with E-state index < -0.39 is 0 Å². The summed E-state index contributed by atoms with van der Waals surface area (Å²) in [6, 6.07) is 13.3. The predicted molar refractivity (Wildman–Crippen MR) is 93.2 cm³/mol. The molecule has 0 radical (unpaired) electrons. The Bertz CT molecular complexity index is 983. The van der Waals surface area contributed by atoms with Gasteiger partial charge < -0.3 is 5.32 Å². The van der Waals surface area contributed by atoms with E-state index in [1.54, 1.807) is 17.1 Å². The minimum absolute atomic E-state index is 0.579. The number of hydrogen-bond acceptors (Lipinski definition) is 5. The van der Waals surface area contributed by atoms with Crippen LogP contribution in [0.15, 0.2) is 61.2 Å². The molecule has 7 heteroatoms. The number of aromatic nitrogens is 5. The molecule has 1 N–H and O–H groups in total. The second kappa shape index (κ2) is 6.25. The minimum Gasteiger partial charge on any atom is -0.364 e. The van der Waals surface area contributed by atoms with Crippen molar-refractivity contribution in [1.29, 1.82) is 0 Å². The molecule has 24 heavy (non-hydrogen) atoms. The lowest BCUT2D eigenvalue weighted by Gasteiger charge is -2.06. The van der Waals surface area contributed by atoms with E-state index in [4.69, 9.17) is 11.6 Å². The predicted octanol–water partition coefficient (Wildman–Crippen LogP) is 3.48. The molecule has 0 aliphatic heterocycles. The van der Waals surface area contributed by atoms with Crippen molar-refractivity contribution in [2.75, 3.05) is 5.32 Å². The molecule has 3 heterocycles. The Morgan fingerprint density at radius 2 is 2.00 bits per heavy atom. The van der Waals surface area contributed by atoms with Crippen LogP contribution in [0.25, 0.3) is 16.7 Å². The number of hydrogen-bond donors (Lipinski definition) is 1. The van der Waals surface area contributed by atoms with Gasteiger partial charge in [-0.25, -0.2) is 14.6 Å². The highest BCUT2D eigenvalue weighted by molar-refractivity contribution is 6.30. The molecule has 0 bridgehead atoms. The standard InChI is InChI=1S/C17H13ClN6/c18-12-4-3-6-14(8-12)24-17-15(10-23-24)16(21-11-22-17)20-9-13-5-1-2-7-19-13/h1-8,10-11H,9H2,(H,20,21,22). The van der Waals surface area contributed by atoms with Gasteiger partial charge in [0.1, 0.15) is 12.1 Å². The Morgan fingerprint density at radius 3 is 2.83 bits per heavy atom. The van der Waals surface area contributed by atoms with Gasteiger partial charge in [-0.3, -0.25) is 4.98 Å². The van der Waals surface area contributed by atoms with Gasteiger partial charge in [0.2, 0.25) is 0 Å². The zero-order chi connectivity index (χ0) is 16.4. The summed E-state index contributed by atoms with van der Waals surface area (Å²) in [5.74, 6) is 0.721. The average molecular weight is 337 g/mol. The van der Waals surface area contributed by atoms with Crippen LogP contribution in [0.1, 0.15) is 5.69 Å². The first-order chi connectivity index (χ1) is 11.8. The Kier molecular flexibility index (Phi) is 3.80. The molecule has 4 aromatic rings. The highest BCUT2D eigenvalue weighted by Gasteiger charge is 2.11. The van der Waals surface area contributed by atoms with Gasteiger partial charge in [0.05, 0.1) is 29.5 Å². The zero-order valence-electron chi connectivity index (χ0n) is 12.6. The maximum absolute atomic E-state index is 6.07. The molecule has 0 saturated carbocycles. The number of nitrogens with one attached hydrogen (secondary N) is 1. The van der Waals surface area contributed by atoms with Gasteiger partial charge in [-0.15, -0.1) is 0 Å². The van der Waals surface area contributed by atoms with Gasteiger partial charge in [0, 0.05) is 11.2 Å². The summed E-state index contributed by atoms with van der Waals surface area (Å²) >= 11 is 6.07. The maximum atomic E-state index is 6.07. The van der Waals surface area contributed by atoms with Crippen LogP contribution >= 0.6 is 11.6 Å². The molecular formula is C17H13ClN6. The molecule has 0 aliphatic rings. The summed E-state index contributed by atoms with van der Waals surface area (Å²) < 4.78 is 1.74. The van der Waals surface area contributed by atoms with E-state index in [1.807, 2.05) is 42.5 Å². The molecule has 0 aliphatic carbocycles. The second-order valence-corrected chi connectivity index (χ2v) is 5.61. The van der Waals surface area contributed by atoms with Crippen molar-refractivity contribution in [1.82, 2.24) is 24.7 Å². The molecule has 0 fully saturated rings. The quantitative estimate of drug-likeness (QED) is 0.618. The van der Waals surface area contributed by atoms with Gasteiger partial charge in [0.25, 0.3) is 0 Å². The summed E-state index contributed by atoms with van der Waals surface area (Å²) in [5, 5.41) is 9.20. The van der Waals surface area contributed by atoms with E-state index in [1.165, 1.54) is 6.33 Å². The molecule has 0 amide bonds. The lowest BCUT2D eigenvalue weighted by atomic mass is 10.3. The van der Waals surface area contributed by atoms with E-state index in [2.05, 4.69) is 25.4 Å². The van der Waals surface area contributed by atoms with Crippen molar-refractivity contribution in [3.05, 3.63) is 71.9 Å². The Hall–Kier alpha value is -2.99. The van der Waals surface area contributed by atoms with Crippen molar-refractivity contribution >= 4 is 28.5 Å². The molecule has 118 valence electrons. The van der Waals surface area contributed by atoms with Gasteiger partial charge in [-0.2, -0.15) is 5.10 Å². The van der Waals surface area contributed by atoms with Crippen LogP contribution in [0.3, 0.4) is 0 Å². The van der Waals surface area contributed by atoms with E-state index in [-0.39, 0.29) is 0 Å². The van der Waals surface area contributed by atoms with E-state index in [0.717, 1.165) is 28.2 Å². The highest BCUT2D eigenvalue weighted by atomic mass is 35.5. The fraction of sp³-hybridized carbons (Fsp3) is 0.0588. The first-order valence-electron chi connectivity index (χ1n) is 7.40. The van der Waals surface area contributed by atoms with Crippen LogP contribution in [0.4, 0.5) is 5.82 Å². The van der Waals surface area contributed by atoms with E-state index in [9.17, 15) is 0 Å². The summed E-state index contributed by atoms with van der Waals surface area (Å²) in [7, 11) is 0. The molecule has 1 aromatic carbocycles. The van der Waals surface area contributed by atoms with E-state index in [0.29, 0.717) is 11.6 Å². The SMILES string of the molecule is Clc1cccc(-n2ncc3c(NCc4ccccn4)ncnc32)c1. The lowest BCUT2D eigenvalue weighted by molar-refractivity contribution is 0.895. The third-order valence-corrected chi connectivity index (χ3v) is 3.82. The molecule has 0 saturated heterocycles.